The highest BCUT2D eigenvalue weighted by Gasteiger charge is 2.44. The van der Waals surface area contributed by atoms with Gasteiger partial charge in [0.1, 0.15) is 0 Å². The van der Waals surface area contributed by atoms with E-state index in [2.05, 4.69) is 32.8 Å². The van der Waals surface area contributed by atoms with Crippen molar-refractivity contribution in [3.05, 3.63) is 59.7 Å². The van der Waals surface area contributed by atoms with Gasteiger partial charge in [0, 0.05) is 11.1 Å². The number of hydroxylamine groups is 2. The van der Waals surface area contributed by atoms with E-state index in [1.54, 1.807) is 16.4 Å². The van der Waals surface area contributed by atoms with Gasteiger partial charge in [0.05, 0.1) is 23.2 Å². The molecule has 2 heterocycles. The Kier molecular flexibility index (Phi) is 5.69. The van der Waals surface area contributed by atoms with E-state index in [9.17, 15) is 8.42 Å². The van der Waals surface area contributed by atoms with Gasteiger partial charge in [-0.2, -0.15) is 5.06 Å². The lowest BCUT2D eigenvalue weighted by molar-refractivity contribution is -0.282. The second-order valence-corrected chi connectivity index (χ2v) is 12.0. The van der Waals surface area contributed by atoms with E-state index in [4.69, 9.17) is 4.84 Å². The second kappa shape index (κ2) is 7.91. The highest BCUT2D eigenvalue weighted by Crippen LogP contribution is 2.40. The van der Waals surface area contributed by atoms with E-state index in [0.717, 1.165) is 29.7 Å². The molecule has 0 aromatic heterocycles. The summed E-state index contributed by atoms with van der Waals surface area (Å²) in [5, 5.41) is 2.11. The Hall–Kier alpha value is -1.89. The van der Waals surface area contributed by atoms with Crippen LogP contribution in [-0.4, -0.2) is 37.2 Å². The van der Waals surface area contributed by atoms with Crippen molar-refractivity contribution in [2.24, 2.45) is 0 Å². The van der Waals surface area contributed by atoms with Crippen LogP contribution in [0.5, 0.6) is 0 Å². The van der Waals surface area contributed by atoms with Gasteiger partial charge in [0.25, 0.3) is 10.0 Å². The monoisotopic (exact) mass is 442 g/mol. The van der Waals surface area contributed by atoms with Crippen molar-refractivity contribution < 1.29 is 13.3 Å². The van der Waals surface area contributed by atoms with Gasteiger partial charge in [-0.15, -0.1) is 0 Å². The standard InChI is InChI=1S/C25H34N2O3S/c1-19-11-13-22(14-12-19)31(28,29)26-21(17-20-9-6-7-10-23(20)26)18-30-27-24(2,3)15-8-16-25(27,4)5/h6-7,9-14,21H,8,15-18H2,1-5H3/t21-/m0/s1. The van der Waals surface area contributed by atoms with Crippen LogP contribution in [0.2, 0.25) is 0 Å². The van der Waals surface area contributed by atoms with Gasteiger partial charge in [-0.1, -0.05) is 35.9 Å². The third kappa shape index (κ3) is 4.13. The molecule has 0 saturated carbocycles. The summed E-state index contributed by atoms with van der Waals surface area (Å²) < 4.78 is 28.9. The molecule has 2 aliphatic heterocycles. The minimum atomic E-state index is -3.69. The number of rotatable bonds is 5. The smallest absolute Gasteiger partial charge is 0.264 e. The van der Waals surface area contributed by atoms with Crippen molar-refractivity contribution in [2.45, 2.75) is 82.3 Å². The summed E-state index contributed by atoms with van der Waals surface area (Å²) >= 11 is 0. The van der Waals surface area contributed by atoms with Crippen LogP contribution in [0, 0.1) is 6.92 Å². The summed E-state index contributed by atoms with van der Waals surface area (Å²) in [4.78, 5) is 6.75. The quantitative estimate of drug-likeness (QED) is 0.647. The largest absolute Gasteiger partial charge is 0.296 e. The number of sulfonamides is 1. The van der Waals surface area contributed by atoms with Crippen molar-refractivity contribution >= 4 is 15.7 Å². The van der Waals surface area contributed by atoms with Crippen LogP contribution >= 0.6 is 0 Å². The summed E-state index contributed by atoms with van der Waals surface area (Å²) in [6.45, 7) is 11.1. The molecule has 0 unspecified atom stereocenters. The van der Waals surface area contributed by atoms with Crippen molar-refractivity contribution in [1.82, 2.24) is 5.06 Å². The summed E-state index contributed by atoms with van der Waals surface area (Å²) in [6, 6.07) is 14.6. The summed E-state index contributed by atoms with van der Waals surface area (Å²) in [5.74, 6) is 0. The first-order valence-corrected chi connectivity index (χ1v) is 12.6. The first-order valence-electron chi connectivity index (χ1n) is 11.1. The van der Waals surface area contributed by atoms with Crippen molar-refractivity contribution in [1.29, 1.82) is 0 Å². The molecule has 31 heavy (non-hydrogen) atoms. The maximum atomic E-state index is 13.7. The van der Waals surface area contributed by atoms with Crippen LogP contribution in [0.25, 0.3) is 0 Å². The van der Waals surface area contributed by atoms with Crippen LogP contribution in [0.1, 0.15) is 58.1 Å². The van der Waals surface area contributed by atoms with Crippen molar-refractivity contribution in [3.63, 3.8) is 0 Å². The number of anilines is 1. The van der Waals surface area contributed by atoms with Gasteiger partial charge in [-0.3, -0.25) is 9.14 Å². The zero-order valence-corrected chi connectivity index (χ0v) is 20.1. The zero-order chi connectivity index (χ0) is 22.4. The van der Waals surface area contributed by atoms with Crippen LogP contribution in [0.15, 0.2) is 53.4 Å². The van der Waals surface area contributed by atoms with Gasteiger partial charge >= 0.3 is 0 Å². The summed E-state index contributed by atoms with van der Waals surface area (Å²) in [6.07, 6.45) is 3.94. The number of para-hydroxylation sites is 1. The Balaban J connectivity index is 1.65. The molecule has 4 rings (SSSR count). The number of benzene rings is 2. The van der Waals surface area contributed by atoms with Crippen LogP contribution in [0.3, 0.4) is 0 Å². The van der Waals surface area contributed by atoms with E-state index in [0.29, 0.717) is 17.9 Å². The number of fused-ring (bicyclic) bond motifs is 1. The topological polar surface area (TPSA) is 49.9 Å². The molecule has 6 heteroatoms. The van der Waals surface area contributed by atoms with Gasteiger partial charge in [-0.25, -0.2) is 8.42 Å². The highest BCUT2D eigenvalue weighted by molar-refractivity contribution is 7.92. The lowest BCUT2D eigenvalue weighted by Gasteiger charge is -2.51. The van der Waals surface area contributed by atoms with Gasteiger partial charge < -0.3 is 0 Å². The predicted octanol–water partition coefficient (Wildman–Crippen LogP) is 5.09. The SMILES string of the molecule is Cc1ccc(S(=O)(=O)N2c3ccccc3C[C@H]2CON2C(C)(C)CCCC2(C)C)cc1. The predicted molar refractivity (Wildman–Crippen MR) is 125 cm³/mol. The molecular formula is C25H34N2O3S. The Labute approximate surface area is 187 Å². The van der Waals surface area contributed by atoms with E-state index in [-0.39, 0.29) is 17.1 Å². The number of aryl methyl sites for hydroxylation is 1. The molecule has 1 atom stereocenters. The van der Waals surface area contributed by atoms with Crippen LogP contribution in [-0.2, 0) is 21.3 Å². The van der Waals surface area contributed by atoms with E-state index in [1.165, 1.54) is 6.42 Å². The first-order chi connectivity index (χ1) is 14.5. The number of hydrogen-bond donors (Lipinski definition) is 0. The Morgan fingerprint density at radius 1 is 0.968 bits per heavy atom. The van der Waals surface area contributed by atoms with E-state index < -0.39 is 10.0 Å². The Morgan fingerprint density at radius 3 is 2.23 bits per heavy atom. The number of nitrogens with zero attached hydrogens (tertiary/aromatic N) is 2. The van der Waals surface area contributed by atoms with Gasteiger partial charge in [-0.05, 0) is 84.1 Å². The summed E-state index contributed by atoms with van der Waals surface area (Å²) in [5.41, 5.74) is 2.66. The fourth-order valence-electron chi connectivity index (χ4n) is 5.19. The van der Waals surface area contributed by atoms with E-state index in [1.807, 2.05) is 43.3 Å². The molecule has 0 amide bonds. The zero-order valence-electron chi connectivity index (χ0n) is 19.3. The molecule has 168 valence electrons. The van der Waals surface area contributed by atoms with Crippen molar-refractivity contribution in [3.8, 4) is 0 Å². The molecule has 0 N–H and O–H groups in total. The molecule has 1 fully saturated rings. The maximum Gasteiger partial charge on any atom is 0.264 e. The fraction of sp³-hybridized carbons (Fsp3) is 0.520. The Bertz CT molecular complexity index is 1030. The second-order valence-electron chi connectivity index (χ2n) is 10.2. The van der Waals surface area contributed by atoms with Crippen LogP contribution in [0.4, 0.5) is 5.69 Å². The minimum Gasteiger partial charge on any atom is -0.296 e. The Morgan fingerprint density at radius 2 is 1.58 bits per heavy atom. The molecule has 0 radical (unpaired) electrons. The highest BCUT2D eigenvalue weighted by atomic mass is 32.2. The summed E-state index contributed by atoms with van der Waals surface area (Å²) in [7, 11) is -3.69. The molecular weight excluding hydrogens is 408 g/mol. The average Bonchev–Trinajstić information content (AvgIpc) is 3.06. The normalized spacial score (nSPS) is 23.0. The van der Waals surface area contributed by atoms with Crippen molar-refractivity contribution in [2.75, 3.05) is 10.9 Å². The molecule has 2 aromatic rings. The fourth-order valence-corrected chi connectivity index (χ4v) is 6.87. The molecule has 2 aromatic carbocycles. The minimum absolute atomic E-state index is 0.0894. The third-order valence-corrected chi connectivity index (χ3v) is 8.55. The molecule has 0 bridgehead atoms. The molecule has 0 spiro atoms. The maximum absolute atomic E-state index is 13.7. The first kappa shape index (κ1) is 22.3. The molecule has 0 aliphatic carbocycles. The number of hydrogen-bond acceptors (Lipinski definition) is 4. The average molecular weight is 443 g/mol. The van der Waals surface area contributed by atoms with Crippen LogP contribution < -0.4 is 4.31 Å². The lowest BCUT2D eigenvalue weighted by atomic mass is 9.82. The number of piperidine rings is 1. The molecule has 1 saturated heterocycles. The van der Waals surface area contributed by atoms with E-state index >= 15 is 0 Å². The third-order valence-electron chi connectivity index (χ3n) is 6.67. The van der Waals surface area contributed by atoms with Gasteiger partial charge in [0.2, 0.25) is 0 Å². The lowest BCUT2D eigenvalue weighted by Crippen LogP contribution is -2.59. The van der Waals surface area contributed by atoms with Gasteiger partial charge in [0.15, 0.2) is 0 Å². The molecule has 2 aliphatic rings. The molecule has 5 nitrogen and oxygen atoms in total.